The molecule has 0 amide bonds. The Hall–Kier alpha value is -4.76. The first-order valence-corrected chi connectivity index (χ1v) is 11.8. The van der Waals surface area contributed by atoms with Gasteiger partial charge in [-0.05, 0) is 61.4 Å². The molecule has 2 aromatic carbocycles. The predicted molar refractivity (Wildman–Crippen MR) is 135 cm³/mol. The van der Waals surface area contributed by atoms with Crippen molar-refractivity contribution in [2.24, 2.45) is 9.98 Å². The fourth-order valence-electron chi connectivity index (χ4n) is 3.39. The molecule has 0 fully saturated rings. The maximum atomic E-state index is 12.6. The van der Waals surface area contributed by atoms with E-state index in [4.69, 9.17) is 14.2 Å². The van der Waals surface area contributed by atoms with Gasteiger partial charge in [-0.15, -0.1) is 0 Å². The minimum absolute atomic E-state index is 0.0454. The molecular formula is C27H26N2O10. The first-order valence-electron chi connectivity index (χ1n) is 11.8. The summed E-state index contributed by atoms with van der Waals surface area (Å²) in [5.41, 5.74) is 0.868. The standard InChI is InChI=1S/C27H26N2O10/c1-17(23-14-21(29-16-31)9-10-22(23)25(33)34)24(32)4-3-11-37-12-13-38-26(35)18(2)39-27(36)19-5-7-20(8-6-19)28-15-30/h5-10,14,17-18H,3-4,11-13H2,1-2H3,(H,33,34). The first kappa shape index (κ1) is 30.5. The van der Waals surface area contributed by atoms with E-state index >= 15 is 0 Å². The molecule has 2 rings (SSSR count). The number of isocyanates is 2. The Bertz CT molecular complexity index is 1290. The molecule has 204 valence electrons. The Morgan fingerprint density at radius 2 is 1.54 bits per heavy atom. The summed E-state index contributed by atoms with van der Waals surface area (Å²) in [6.45, 7) is 3.06. The third-order valence-corrected chi connectivity index (χ3v) is 5.47. The van der Waals surface area contributed by atoms with Crippen molar-refractivity contribution in [3.05, 3.63) is 59.2 Å². The molecule has 12 heteroatoms. The minimum atomic E-state index is -1.20. The van der Waals surface area contributed by atoms with Crippen molar-refractivity contribution in [3.8, 4) is 0 Å². The van der Waals surface area contributed by atoms with Crippen molar-refractivity contribution in [1.82, 2.24) is 0 Å². The average molecular weight is 539 g/mol. The lowest BCUT2D eigenvalue weighted by molar-refractivity contribution is -0.154. The van der Waals surface area contributed by atoms with Crippen LogP contribution in [-0.4, -0.2) is 66.9 Å². The van der Waals surface area contributed by atoms with Crippen molar-refractivity contribution < 1.29 is 48.1 Å². The van der Waals surface area contributed by atoms with E-state index in [9.17, 15) is 33.9 Å². The van der Waals surface area contributed by atoms with E-state index in [1.165, 1.54) is 61.5 Å². The van der Waals surface area contributed by atoms with Crippen molar-refractivity contribution in [2.45, 2.75) is 38.7 Å². The highest BCUT2D eigenvalue weighted by Gasteiger charge is 2.22. The van der Waals surface area contributed by atoms with Gasteiger partial charge < -0.3 is 19.3 Å². The van der Waals surface area contributed by atoms with Crippen LogP contribution in [0.2, 0.25) is 0 Å². The van der Waals surface area contributed by atoms with E-state index in [-0.39, 0.29) is 54.4 Å². The van der Waals surface area contributed by atoms with Gasteiger partial charge in [-0.2, -0.15) is 9.98 Å². The van der Waals surface area contributed by atoms with Crippen LogP contribution in [0.15, 0.2) is 52.4 Å². The lowest BCUT2D eigenvalue weighted by Crippen LogP contribution is -2.27. The second-order valence-electron chi connectivity index (χ2n) is 8.15. The first-order chi connectivity index (χ1) is 18.7. The van der Waals surface area contributed by atoms with Crippen LogP contribution in [0.25, 0.3) is 0 Å². The number of esters is 2. The predicted octanol–water partition coefficient (Wildman–Crippen LogP) is 3.58. The van der Waals surface area contributed by atoms with Crippen LogP contribution in [0.5, 0.6) is 0 Å². The molecule has 0 bridgehead atoms. The van der Waals surface area contributed by atoms with E-state index in [1.54, 1.807) is 6.92 Å². The normalized spacial score (nSPS) is 11.7. The summed E-state index contributed by atoms with van der Waals surface area (Å²) in [4.78, 5) is 75.9. The highest BCUT2D eigenvalue weighted by Crippen LogP contribution is 2.27. The summed E-state index contributed by atoms with van der Waals surface area (Å²) in [7, 11) is 0. The SMILES string of the molecule is CC(OC(=O)c1ccc(N=C=O)cc1)C(=O)OCCOCCCC(=O)C(C)c1cc(N=C=O)ccc1C(=O)O. The van der Waals surface area contributed by atoms with E-state index in [0.29, 0.717) is 12.1 Å². The second kappa shape index (κ2) is 15.5. The van der Waals surface area contributed by atoms with Gasteiger partial charge in [-0.1, -0.05) is 6.92 Å². The van der Waals surface area contributed by atoms with Gasteiger partial charge in [-0.25, -0.2) is 24.0 Å². The number of carboxylic acid groups (broad SMARTS) is 1. The van der Waals surface area contributed by atoms with Crippen LogP contribution >= 0.6 is 0 Å². The number of carbonyl (C=O) groups excluding carboxylic acids is 5. The molecule has 0 saturated carbocycles. The van der Waals surface area contributed by atoms with E-state index < -0.39 is 29.9 Å². The number of rotatable bonds is 15. The van der Waals surface area contributed by atoms with Crippen LogP contribution in [-0.2, 0) is 33.4 Å². The van der Waals surface area contributed by atoms with Crippen molar-refractivity contribution in [3.63, 3.8) is 0 Å². The molecule has 0 radical (unpaired) electrons. The number of aromatic carboxylic acids is 1. The number of Topliss-reactive ketones (excluding diaryl/α,β-unsaturated/α-hetero) is 1. The Labute approximate surface area is 223 Å². The lowest BCUT2D eigenvalue weighted by atomic mass is 9.90. The fourth-order valence-corrected chi connectivity index (χ4v) is 3.39. The van der Waals surface area contributed by atoms with Gasteiger partial charge in [-0.3, -0.25) is 4.79 Å². The summed E-state index contributed by atoms with van der Waals surface area (Å²) < 4.78 is 15.5. The monoisotopic (exact) mass is 538 g/mol. The molecule has 2 atom stereocenters. The minimum Gasteiger partial charge on any atom is -0.478 e. The van der Waals surface area contributed by atoms with Crippen LogP contribution < -0.4 is 0 Å². The number of carbonyl (C=O) groups is 4. The van der Waals surface area contributed by atoms with Crippen molar-refractivity contribution in [2.75, 3.05) is 19.8 Å². The van der Waals surface area contributed by atoms with Gasteiger partial charge in [0, 0.05) is 18.9 Å². The molecule has 2 aromatic rings. The summed E-state index contributed by atoms with van der Waals surface area (Å²) in [6.07, 6.45) is 2.04. The quantitative estimate of drug-likeness (QED) is 0.153. The molecule has 0 heterocycles. The number of hydrogen-bond donors (Lipinski definition) is 1. The van der Waals surface area contributed by atoms with Gasteiger partial charge >= 0.3 is 17.9 Å². The van der Waals surface area contributed by atoms with Crippen LogP contribution in [0, 0.1) is 0 Å². The zero-order valence-electron chi connectivity index (χ0n) is 21.2. The molecule has 0 aliphatic heterocycles. The molecule has 39 heavy (non-hydrogen) atoms. The highest BCUT2D eigenvalue weighted by atomic mass is 16.6. The topological polar surface area (TPSA) is 175 Å². The maximum absolute atomic E-state index is 12.6. The number of ether oxygens (including phenoxy) is 3. The lowest BCUT2D eigenvalue weighted by Gasteiger charge is -2.14. The van der Waals surface area contributed by atoms with E-state index in [2.05, 4.69) is 9.98 Å². The van der Waals surface area contributed by atoms with Crippen LogP contribution in [0.1, 0.15) is 58.9 Å². The number of carboxylic acids is 1. The molecule has 0 aromatic heterocycles. The largest absolute Gasteiger partial charge is 0.478 e. The number of benzene rings is 2. The van der Waals surface area contributed by atoms with Gasteiger partial charge in [0.05, 0.1) is 29.1 Å². The smallest absolute Gasteiger partial charge is 0.347 e. The molecule has 2 unspecified atom stereocenters. The third-order valence-electron chi connectivity index (χ3n) is 5.47. The van der Waals surface area contributed by atoms with Gasteiger partial charge in [0.2, 0.25) is 12.2 Å². The highest BCUT2D eigenvalue weighted by molar-refractivity contribution is 5.94. The van der Waals surface area contributed by atoms with Crippen molar-refractivity contribution in [1.29, 1.82) is 0 Å². The fraction of sp³-hybridized carbons (Fsp3) is 0.333. The summed E-state index contributed by atoms with van der Waals surface area (Å²) >= 11 is 0. The summed E-state index contributed by atoms with van der Waals surface area (Å²) in [5.74, 6) is -3.69. The number of aliphatic imine (C=N–C) groups is 2. The zero-order valence-corrected chi connectivity index (χ0v) is 21.2. The Morgan fingerprint density at radius 1 is 0.897 bits per heavy atom. The Morgan fingerprint density at radius 3 is 2.18 bits per heavy atom. The molecule has 0 aliphatic carbocycles. The summed E-state index contributed by atoms with van der Waals surface area (Å²) in [5, 5.41) is 9.39. The Balaban J connectivity index is 1.70. The van der Waals surface area contributed by atoms with Gasteiger partial charge in [0.25, 0.3) is 0 Å². The van der Waals surface area contributed by atoms with Gasteiger partial charge in [0.1, 0.15) is 12.4 Å². The molecular weight excluding hydrogens is 512 g/mol. The second-order valence-corrected chi connectivity index (χ2v) is 8.15. The zero-order chi connectivity index (χ0) is 28.8. The third kappa shape index (κ3) is 9.56. The van der Waals surface area contributed by atoms with Crippen molar-refractivity contribution >= 4 is 47.2 Å². The Kier molecular flexibility index (Phi) is 12.1. The van der Waals surface area contributed by atoms with E-state index in [0.717, 1.165) is 0 Å². The van der Waals surface area contributed by atoms with Crippen LogP contribution in [0.4, 0.5) is 11.4 Å². The molecule has 0 spiro atoms. The van der Waals surface area contributed by atoms with E-state index in [1.807, 2.05) is 0 Å². The number of nitrogens with zero attached hydrogens (tertiary/aromatic N) is 2. The average Bonchev–Trinajstić information content (AvgIpc) is 2.92. The molecule has 0 saturated heterocycles. The maximum Gasteiger partial charge on any atom is 0.347 e. The molecule has 1 N–H and O–H groups in total. The van der Waals surface area contributed by atoms with Crippen LogP contribution in [0.3, 0.4) is 0 Å². The molecule has 0 aliphatic rings. The summed E-state index contributed by atoms with van der Waals surface area (Å²) in [6, 6.07) is 9.64. The molecule has 12 nitrogen and oxygen atoms in total. The number of hydrogen-bond acceptors (Lipinski definition) is 11. The van der Waals surface area contributed by atoms with Gasteiger partial charge in [0.15, 0.2) is 6.10 Å². The number of ketones is 1.